The van der Waals surface area contributed by atoms with Crippen LogP contribution in [0.5, 0.6) is 0 Å². The number of benzene rings is 1. The van der Waals surface area contributed by atoms with Crippen LogP contribution < -0.4 is 16.8 Å². The van der Waals surface area contributed by atoms with Crippen LogP contribution in [0.1, 0.15) is 29.8 Å². The Morgan fingerprint density at radius 2 is 1.88 bits per heavy atom. The lowest BCUT2D eigenvalue weighted by Gasteiger charge is -2.18. The Hall–Kier alpha value is -1.88. The zero-order chi connectivity index (χ0) is 13.2. The molecule has 5 heteroatoms. The van der Waals surface area contributed by atoms with Gasteiger partial charge in [-0.25, -0.2) is 0 Å². The van der Waals surface area contributed by atoms with Crippen molar-refractivity contribution in [2.45, 2.75) is 26.3 Å². The third kappa shape index (κ3) is 3.29. The summed E-state index contributed by atoms with van der Waals surface area (Å²) in [6.07, 6.45) is 0. The lowest BCUT2D eigenvalue weighted by molar-refractivity contribution is -0.120. The van der Waals surface area contributed by atoms with Crippen LogP contribution in [0, 0.1) is 6.92 Å². The fraction of sp³-hybridized carbons (Fsp3) is 0.333. The summed E-state index contributed by atoms with van der Waals surface area (Å²) in [5.41, 5.74) is 11.7. The van der Waals surface area contributed by atoms with E-state index in [0.717, 1.165) is 5.56 Å². The normalized spacial score (nSPS) is 11.1. The van der Waals surface area contributed by atoms with Crippen molar-refractivity contribution in [2.24, 2.45) is 11.5 Å². The van der Waals surface area contributed by atoms with E-state index >= 15 is 0 Å². The van der Waals surface area contributed by atoms with Crippen molar-refractivity contribution >= 4 is 17.5 Å². The number of amides is 2. The molecule has 0 radical (unpaired) electrons. The summed E-state index contributed by atoms with van der Waals surface area (Å²) in [4.78, 5) is 22.6. The molecule has 1 rings (SSSR count). The number of hydrogen-bond donors (Lipinski definition) is 3. The van der Waals surface area contributed by atoms with Crippen molar-refractivity contribution in [2.75, 3.05) is 5.32 Å². The quantitative estimate of drug-likeness (QED) is 0.721. The van der Waals surface area contributed by atoms with Gasteiger partial charge in [0.25, 0.3) is 0 Å². The first-order valence-electron chi connectivity index (χ1n) is 5.22. The van der Waals surface area contributed by atoms with Crippen LogP contribution in [0.3, 0.4) is 0 Å². The largest absolute Gasteiger partial charge is 0.366 e. The van der Waals surface area contributed by atoms with Crippen LogP contribution in [0.4, 0.5) is 5.69 Å². The van der Waals surface area contributed by atoms with Gasteiger partial charge >= 0.3 is 0 Å². The van der Waals surface area contributed by atoms with Crippen LogP contribution in [0.25, 0.3) is 0 Å². The maximum atomic E-state index is 11.7. The maximum absolute atomic E-state index is 11.7. The molecule has 0 saturated carbocycles. The van der Waals surface area contributed by atoms with Crippen molar-refractivity contribution in [3.05, 3.63) is 29.3 Å². The second-order valence-electron chi connectivity index (χ2n) is 4.57. The molecule has 1 aromatic carbocycles. The van der Waals surface area contributed by atoms with E-state index in [2.05, 4.69) is 5.32 Å². The Bertz CT molecular complexity index is 461. The summed E-state index contributed by atoms with van der Waals surface area (Å²) >= 11 is 0. The lowest BCUT2D eigenvalue weighted by atomic mass is 10.0. The predicted molar refractivity (Wildman–Crippen MR) is 66.6 cm³/mol. The van der Waals surface area contributed by atoms with Gasteiger partial charge in [-0.1, -0.05) is 0 Å². The number of rotatable bonds is 3. The smallest absolute Gasteiger partial charge is 0.248 e. The summed E-state index contributed by atoms with van der Waals surface area (Å²) in [7, 11) is 0. The Kier molecular flexibility index (Phi) is 3.53. The van der Waals surface area contributed by atoms with Gasteiger partial charge < -0.3 is 16.8 Å². The van der Waals surface area contributed by atoms with Crippen molar-refractivity contribution in [1.29, 1.82) is 0 Å². The van der Waals surface area contributed by atoms with Gasteiger partial charge in [0.15, 0.2) is 0 Å². The van der Waals surface area contributed by atoms with E-state index in [9.17, 15) is 9.59 Å². The zero-order valence-electron chi connectivity index (χ0n) is 10.2. The molecule has 92 valence electrons. The molecule has 0 bridgehead atoms. The number of anilines is 1. The molecule has 0 aromatic heterocycles. The molecule has 0 spiro atoms. The minimum Gasteiger partial charge on any atom is -0.366 e. The SMILES string of the molecule is Cc1cc(C(N)=O)ccc1NC(=O)C(C)(C)N. The monoisotopic (exact) mass is 235 g/mol. The van der Waals surface area contributed by atoms with E-state index in [1.165, 1.54) is 0 Å². The van der Waals surface area contributed by atoms with Gasteiger partial charge in [-0.3, -0.25) is 9.59 Å². The van der Waals surface area contributed by atoms with Gasteiger partial charge in [-0.2, -0.15) is 0 Å². The molecule has 1 aromatic rings. The van der Waals surface area contributed by atoms with Gasteiger partial charge in [0.05, 0.1) is 5.54 Å². The van der Waals surface area contributed by atoms with Crippen LogP contribution in [-0.2, 0) is 4.79 Å². The predicted octanol–water partition coefficient (Wildman–Crippen LogP) is 0.770. The average molecular weight is 235 g/mol. The highest BCUT2D eigenvalue weighted by Crippen LogP contribution is 2.17. The number of carbonyl (C=O) groups excluding carboxylic acids is 2. The molecular formula is C12H17N3O2. The molecule has 0 aliphatic heterocycles. The van der Waals surface area contributed by atoms with Crippen molar-refractivity contribution in [3.8, 4) is 0 Å². The molecule has 0 saturated heterocycles. The first-order valence-corrected chi connectivity index (χ1v) is 5.22. The highest BCUT2D eigenvalue weighted by atomic mass is 16.2. The minimum absolute atomic E-state index is 0.285. The number of nitrogens with one attached hydrogen (secondary N) is 1. The molecule has 2 amide bonds. The molecule has 0 fully saturated rings. The molecule has 0 heterocycles. The average Bonchev–Trinajstić information content (AvgIpc) is 2.19. The molecule has 0 aliphatic rings. The zero-order valence-corrected chi connectivity index (χ0v) is 10.2. The molecule has 0 aliphatic carbocycles. The number of primary amides is 1. The molecule has 5 nitrogen and oxygen atoms in total. The van der Waals surface area contributed by atoms with Gasteiger partial charge in [-0.05, 0) is 44.5 Å². The van der Waals surface area contributed by atoms with E-state index in [0.29, 0.717) is 11.3 Å². The van der Waals surface area contributed by atoms with E-state index in [1.807, 2.05) is 0 Å². The molecule has 17 heavy (non-hydrogen) atoms. The highest BCUT2D eigenvalue weighted by Gasteiger charge is 2.22. The minimum atomic E-state index is -0.950. The molecular weight excluding hydrogens is 218 g/mol. The van der Waals surface area contributed by atoms with Crippen LogP contribution in [-0.4, -0.2) is 17.4 Å². The van der Waals surface area contributed by atoms with Crippen molar-refractivity contribution in [3.63, 3.8) is 0 Å². The summed E-state index contributed by atoms with van der Waals surface area (Å²) < 4.78 is 0. The Labute approximate surface area is 100 Å². The third-order valence-electron chi connectivity index (χ3n) is 2.34. The standard InChI is InChI=1S/C12H17N3O2/c1-7-6-8(10(13)16)4-5-9(7)15-11(17)12(2,3)14/h4-6H,14H2,1-3H3,(H2,13,16)(H,15,17). The first-order chi connectivity index (χ1) is 7.71. The number of carbonyl (C=O) groups is 2. The molecule has 0 atom stereocenters. The topological polar surface area (TPSA) is 98.2 Å². The summed E-state index contributed by atoms with van der Waals surface area (Å²) in [6.45, 7) is 5.02. The van der Waals surface area contributed by atoms with Crippen LogP contribution in [0.15, 0.2) is 18.2 Å². The van der Waals surface area contributed by atoms with Gasteiger partial charge in [-0.15, -0.1) is 0 Å². The van der Waals surface area contributed by atoms with E-state index in [4.69, 9.17) is 11.5 Å². The summed E-state index contributed by atoms with van der Waals surface area (Å²) in [5.74, 6) is -0.780. The van der Waals surface area contributed by atoms with E-state index < -0.39 is 11.4 Å². The Morgan fingerprint density at radius 3 is 2.29 bits per heavy atom. The molecule has 0 unspecified atom stereocenters. The van der Waals surface area contributed by atoms with E-state index in [-0.39, 0.29) is 5.91 Å². The maximum Gasteiger partial charge on any atom is 0.248 e. The fourth-order valence-corrected chi connectivity index (χ4v) is 1.24. The Balaban J connectivity index is 2.95. The Morgan fingerprint density at radius 1 is 1.29 bits per heavy atom. The van der Waals surface area contributed by atoms with Gasteiger partial charge in [0, 0.05) is 11.3 Å². The van der Waals surface area contributed by atoms with Crippen LogP contribution >= 0.6 is 0 Å². The fourth-order valence-electron chi connectivity index (χ4n) is 1.24. The van der Waals surface area contributed by atoms with Crippen LogP contribution in [0.2, 0.25) is 0 Å². The second kappa shape index (κ2) is 4.55. The number of aryl methyl sites for hydroxylation is 1. The summed E-state index contributed by atoms with van der Waals surface area (Å²) in [5, 5.41) is 2.70. The van der Waals surface area contributed by atoms with Gasteiger partial charge in [0.2, 0.25) is 11.8 Å². The highest BCUT2D eigenvalue weighted by molar-refractivity contribution is 5.99. The second-order valence-corrected chi connectivity index (χ2v) is 4.57. The summed E-state index contributed by atoms with van der Waals surface area (Å²) in [6, 6.07) is 4.83. The van der Waals surface area contributed by atoms with Gasteiger partial charge in [0.1, 0.15) is 0 Å². The molecule has 5 N–H and O–H groups in total. The number of nitrogens with two attached hydrogens (primary N) is 2. The first kappa shape index (κ1) is 13.2. The van der Waals surface area contributed by atoms with Crippen molar-refractivity contribution < 1.29 is 9.59 Å². The lowest BCUT2D eigenvalue weighted by Crippen LogP contribution is -2.45. The third-order valence-corrected chi connectivity index (χ3v) is 2.34. The van der Waals surface area contributed by atoms with Crippen molar-refractivity contribution in [1.82, 2.24) is 0 Å². The van der Waals surface area contributed by atoms with E-state index in [1.54, 1.807) is 39.0 Å². The number of hydrogen-bond acceptors (Lipinski definition) is 3.